The lowest BCUT2D eigenvalue weighted by Gasteiger charge is -2.55. The molecule has 154 valence electrons. The van der Waals surface area contributed by atoms with Gasteiger partial charge in [-0.25, -0.2) is 0 Å². The molecule has 2 bridgehead atoms. The Hall–Kier alpha value is -1.99. The zero-order valence-corrected chi connectivity index (χ0v) is 19.4. The first-order valence-corrected chi connectivity index (χ1v) is 11.5. The van der Waals surface area contributed by atoms with Crippen LogP contribution in [0.2, 0.25) is 0 Å². The van der Waals surface area contributed by atoms with E-state index in [0.717, 1.165) is 27.2 Å². The first kappa shape index (κ1) is 19.9. The number of amides is 2. The molecule has 3 aliphatic carbocycles. The molecule has 0 spiro atoms. The van der Waals surface area contributed by atoms with Crippen molar-refractivity contribution in [3.8, 4) is 0 Å². The standard InChI is InChI=1S/C23H19Br2NO4/c1-2-11-30-17(27)12-26-20(28)18-19(21(26)29)23(25)14-8-4-3-7-13(14)22(18,24)15-9-5-6-10-16(15)23/h3-10,18-19H,2,11-12H2,1H3. The number of hydrogen-bond donors (Lipinski definition) is 0. The molecule has 0 aromatic heterocycles. The van der Waals surface area contributed by atoms with Gasteiger partial charge < -0.3 is 4.74 Å². The van der Waals surface area contributed by atoms with Crippen LogP contribution in [-0.2, 0) is 27.8 Å². The summed E-state index contributed by atoms with van der Waals surface area (Å²) in [6.07, 6.45) is 0.679. The summed E-state index contributed by atoms with van der Waals surface area (Å²) >= 11 is 7.86. The van der Waals surface area contributed by atoms with Crippen molar-refractivity contribution in [1.29, 1.82) is 0 Å². The molecular weight excluding hydrogens is 514 g/mol. The molecule has 5 nitrogen and oxygen atoms in total. The second-order valence-electron chi connectivity index (χ2n) is 7.95. The predicted molar refractivity (Wildman–Crippen MR) is 117 cm³/mol. The van der Waals surface area contributed by atoms with E-state index in [1.807, 2.05) is 55.5 Å². The summed E-state index contributed by atoms with van der Waals surface area (Å²) in [4.78, 5) is 40.4. The minimum absolute atomic E-state index is 0.267. The van der Waals surface area contributed by atoms with Gasteiger partial charge in [-0.05, 0) is 28.7 Å². The van der Waals surface area contributed by atoms with Gasteiger partial charge >= 0.3 is 5.97 Å². The van der Waals surface area contributed by atoms with Crippen LogP contribution >= 0.6 is 31.9 Å². The normalized spacial score (nSPS) is 30.7. The Labute approximate surface area is 191 Å². The fourth-order valence-corrected chi connectivity index (χ4v) is 7.57. The van der Waals surface area contributed by atoms with Crippen molar-refractivity contribution in [3.63, 3.8) is 0 Å². The second kappa shape index (κ2) is 6.76. The van der Waals surface area contributed by atoms with E-state index < -0.39 is 26.5 Å². The Morgan fingerprint density at radius 3 is 1.67 bits per heavy atom. The molecule has 0 saturated carbocycles. The van der Waals surface area contributed by atoms with E-state index >= 15 is 0 Å². The predicted octanol–water partition coefficient (Wildman–Crippen LogP) is 3.85. The molecule has 4 aliphatic rings. The highest BCUT2D eigenvalue weighted by Gasteiger charge is 2.72. The molecule has 7 heteroatoms. The number of nitrogens with zero attached hydrogens (tertiary/aromatic N) is 1. The number of esters is 1. The number of likely N-dealkylation sites (tertiary alicyclic amines) is 1. The monoisotopic (exact) mass is 531 g/mol. The molecule has 1 saturated heterocycles. The lowest BCUT2D eigenvalue weighted by Crippen LogP contribution is -2.56. The number of rotatable bonds is 4. The fraction of sp³-hybridized carbons (Fsp3) is 0.348. The largest absolute Gasteiger partial charge is 0.464 e. The highest BCUT2D eigenvalue weighted by molar-refractivity contribution is 9.10. The van der Waals surface area contributed by atoms with Crippen LogP contribution in [0.5, 0.6) is 0 Å². The SMILES string of the molecule is CCCOC(=O)CN1C(=O)C2C(C1=O)C1(Br)c3ccccc3C2(Br)c2ccccc21. The van der Waals surface area contributed by atoms with Crippen molar-refractivity contribution in [2.75, 3.05) is 13.2 Å². The maximum Gasteiger partial charge on any atom is 0.326 e. The summed E-state index contributed by atoms with van der Waals surface area (Å²) in [6, 6.07) is 15.8. The summed E-state index contributed by atoms with van der Waals surface area (Å²) in [5.41, 5.74) is 3.88. The summed E-state index contributed by atoms with van der Waals surface area (Å²) in [6.45, 7) is 1.80. The Bertz CT molecular complexity index is 977. The Balaban J connectivity index is 1.68. The van der Waals surface area contributed by atoms with E-state index in [-0.39, 0.29) is 25.0 Å². The van der Waals surface area contributed by atoms with Crippen LogP contribution in [0, 0.1) is 11.8 Å². The minimum Gasteiger partial charge on any atom is -0.464 e. The summed E-state index contributed by atoms with van der Waals surface area (Å²) in [5.74, 6) is -2.57. The summed E-state index contributed by atoms with van der Waals surface area (Å²) in [5, 5.41) is 0. The molecule has 1 fully saturated rings. The van der Waals surface area contributed by atoms with Gasteiger partial charge in [-0.1, -0.05) is 87.3 Å². The van der Waals surface area contributed by atoms with Gasteiger partial charge in [0.05, 0.1) is 27.1 Å². The average molecular weight is 533 g/mol. The Morgan fingerprint density at radius 2 is 1.30 bits per heavy atom. The zero-order chi connectivity index (χ0) is 21.3. The van der Waals surface area contributed by atoms with E-state index in [9.17, 15) is 14.4 Å². The van der Waals surface area contributed by atoms with Gasteiger partial charge in [0, 0.05) is 0 Å². The number of carbonyl (C=O) groups excluding carboxylic acids is 3. The number of hydrogen-bond acceptors (Lipinski definition) is 4. The molecular formula is C23H19Br2NO4. The molecule has 2 unspecified atom stereocenters. The van der Waals surface area contributed by atoms with Crippen LogP contribution in [0.1, 0.15) is 35.6 Å². The third-order valence-electron chi connectivity index (χ3n) is 6.43. The quantitative estimate of drug-likeness (QED) is 0.341. The van der Waals surface area contributed by atoms with Crippen molar-refractivity contribution < 1.29 is 19.1 Å². The smallest absolute Gasteiger partial charge is 0.326 e. The molecule has 6 rings (SSSR count). The highest BCUT2D eigenvalue weighted by atomic mass is 79.9. The van der Waals surface area contributed by atoms with Crippen LogP contribution in [0.3, 0.4) is 0 Å². The highest BCUT2D eigenvalue weighted by Crippen LogP contribution is 2.70. The molecule has 2 atom stereocenters. The molecule has 30 heavy (non-hydrogen) atoms. The minimum atomic E-state index is -0.838. The van der Waals surface area contributed by atoms with Gasteiger partial charge in [0.1, 0.15) is 6.54 Å². The molecule has 0 radical (unpaired) electrons. The van der Waals surface area contributed by atoms with Crippen LogP contribution < -0.4 is 0 Å². The number of alkyl halides is 2. The van der Waals surface area contributed by atoms with Crippen molar-refractivity contribution in [2.24, 2.45) is 11.8 Å². The van der Waals surface area contributed by atoms with Crippen molar-refractivity contribution in [2.45, 2.75) is 22.0 Å². The van der Waals surface area contributed by atoms with Crippen molar-refractivity contribution in [3.05, 3.63) is 70.8 Å². The van der Waals surface area contributed by atoms with Crippen molar-refractivity contribution in [1.82, 2.24) is 4.90 Å². The van der Waals surface area contributed by atoms with E-state index in [2.05, 4.69) is 31.9 Å². The van der Waals surface area contributed by atoms with Gasteiger partial charge in [0.2, 0.25) is 11.8 Å². The van der Waals surface area contributed by atoms with Gasteiger partial charge in [-0.15, -0.1) is 0 Å². The third-order valence-corrected chi connectivity index (χ3v) is 9.13. The van der Waals surface area contributed by atoms with Gasteiger partial charge in [0.15, 0.2) is 0 Å². The number of ether oxygens (including phenoxy) is 1. The van der Waals surface area contributed by atoms with Crippen LogP contribution in [0.15, 0.2) is 48.5 Å². The number of halogens is 2. The summed E-state index contributed by atoms with van der Waals surface area (Å²) in [7, 11) is 0. The zero-order valence-electron chi connectivity index (χ0n) is 16.2. The molecule has 2 amide bonds. The van der Waals surface area contributed by atoms with Gasteiger partial charge in [0.25, 0.3) is 0 Å². The van der Waals surface area contributed by atoms with E-state index in [1.165, 1.54) is 0 Å². The van der Waals surface area contributed by atoms with E-state index in [0.29, 0.717) is 6.42 Å². The lowest BCUT2D eigenvalue weighted by molar-refractivity contribution is -0.153. The van der Waals surface area contributed by atoms with Gasteiger partial charge in [-0.2, -0.15) is 0 Å². The van der Waals surface area contributed by atoms with Crippen LogP contribution in [0.4, 0.5) is 0 Å². The van der Waals surface area contributed by atoms with Crippen LogP contribution in [-0.4, -0.2) is 35.8 Å². The van der Waals surface area contributed by atoms with Crippen molar-refractivity contribution >= 4 is 49.6 Å². The second-order valence-corrected chi connectivity index (χ2v) is 10.5. The number of carbonyl (C=O) groups is 3. The number of benzene rings is 2. The average Bonchev–Trinajstić information content (AvgIpc) is 3.02. The maximum absolute atomic E-state index is 13.6. The summed E-state index contributed by atoms with van der Waals surface area (Å²) < 4.78 is 3.46. The topological polar surface area (TPSA) is 63.7 Å². The molecule has 2 aromatic carbocycles. The Morgan fingerprint density at radius 1 is 0.900 bits per heavy atom. The molecule has 1 heterocycles. The lowest BCUT2D eigenvalue weighted by atomic mass is 9.54. The van der Waals surface area contributed by atoms with Crippen LogP contribution in [0.25, 0.3) is 0 Å². The Kier molecular flexibility index (Phi) is 4.49. The third kappa shape index (κ3) is 2.31. The number of imide groups is 1. The molecule has 2 aromatic rings. The molecule has 1 aliphatic heterocycles. The van der Waals surface area contributed by atoms with E-state index in [1.54, 1.807) is 0 Å². The first-order valence-electron chi connectivity index (χ1n) is 9.95. The van der Waals surface area contributed by atoms with E-state index in [4.69, 9.17) is 4.74 Å². The molecule has 0 N–H and O–H groups in total. The van der Waals surface area contributed by atoms with Gasteiger partial charge in [-0.3, -0.25) is 19.3 Å². The first-order chi connectivity index (χ1) is 14.4. The maximum atomic E-state index is 13.6. The fourth-order valence-electron chi connectivity index (χ4n) is 5.27.